The molecule has 0 saturated carbocycles. The third-order valence-corrected chi connectivity index (χ3v) is 5.04. The molecule has 0 bridgehead atoms. The molecule has 0 spiro atoms. The molecule has 0 unspecified atom stereocenters. The molecule has 0 aliphatic carbocycles. The normalized spacial score (nSPS) is 18.6. The number of aryl methyl sites for hydroxylation is 2. The number of urea groups is 1. The van der Waals surface area contributed by atoms with Crippen LogP contribution in [0, 0.1) is 0 Å². The predicted octanol–water partition coefficient (Wildman–Crippen LogP) is 2.10. The van der Waals surface area contributed by atoms with E-state index in [9.17, 15) is 4.79 Å². The molecule has 3 heterocycles. The number of rotatable bonds is 6. The summed E-state index contributed by atoms with van der Waals surface area (Å²) in [5.41, 5.74) is 2.29. The highest BCUT2D eigenvalue weighted by Gasteiger charge is 2.20. The number of imidazole rings is 1. The van der Waals surface area contributed by atoms with Crippen molar-refractivity contribution < 1.29 is 4.79 Å². The Hall–Kier alpha value is -1.82. The molecular weight excluding hydrogens is 314 g/mol. The van der Waals surface area contributed by atoms with Gasteiger partial charge in [0.2, 0.25) is 0 Å². The molecule has 3 rings (SSSR count). The van der Waals surface area contributed by atoms with Gasteiger partial charge in [-0.2, -0.15) is 0 Å². The lowest BCUT2D eigenvalue weighted by Gasteiger charge is -2.32. The summed E-state index contributed by atoms with van der Waals surface area (Å²) >= 11 is 0. The number of hydrogen-bond acceptors (Lipinski definition) is 3. The van der Waals surface area contributed by atoms with E-state index in [1.165, 1.54) is 24.2 Å². The highest BCUT2D eigenvalue weighted by Crippen LogP contribution is 2.14. The number of amides is 2. The molecule has 6 heteroatoms. The van der Waals surface area contributed by atoms with Crippen LogP contribution in [-0.4, -0.2) is 52.7 Å². The summed E-state index contributed by atoms with van der Waals surface area (Å²) in [7, 11) is 0. The molecule has 2 amide bonds. The number of fused-ring (bicyclic) bond motifs is 1. The zero-order chi connectivity index (χ0) is 17.6. The number of nitrogens with zero attached hydrogens (tertiary/aromatic N) is 3. The van der Waals surface area contributed by atoms with Gasteiger partial charge in [-0.3, -0.25) is 4.90 Å². The van der Waals surface area contributed by atoms with Gasteiger partial charge < -0.3 is 15.2 Å². The first kappa shape index (κ1) is 18.0. The number of carbonyl (C=O) groups is 1. The summed E-state index contributed by atoms with van der Waals surface area (Å²) < 4.78 is 2.26. The molecule has 25 heavy (non-hydrogen) atoms. The average Bonchev–Trinajstić information content (AvgIpc) is 2.99. The van der Waals surface area contributed by atoms with E-state index in [1.807, 2.05) is 0 Å². The Morgan fingerprint density at radius 1 is 1.32 bits per heavy atom. The Bertz CT molecular complexity index is 577. The maximum atomic E-state index is 12.1. The Labute approximate surface area is 150 Å². The third-order valence-electron chi connectivity index (χ3n) is 5.04. The molecule has 2 aliphatic rings. The predicted molar refractivity (Wildman–Crippen MR) is 99.7 cm³/mol. The van der Waals surface area contributed by atoms with Crippen LogP contribution in [0.4, 0.5) is 4.79 Å². The molecule has 2 N–H and O–H groups in total. The van der Waals surface area contributed by atoms with Gasteiger partial charge in [0, 0.05) is 57.8 Å². The summed E-state index contributed by atoms with van der Waals surface area (Å²) in [6.45, 7) is 10.8. The van der Waals surface area contributed by atoms with E-state index in [0.717, 1.165) is 57.6 Å². The minimum absolute atomic E-state index is 0.0534. The number of likely N-dealkylation sites (tertiary alicyclic amines) is 1. The molecule has 1 saturated heterocycles. The molecule has 0 atom stereocenters. The fourth-order valence-electron chi connectivity index (χ4n) is 3.75. The van der Waals surface area contributed by atoms with E-state index in [2.05, 4.69) is 44.8 Å². The number of nitrogens with one attached hydrogen (secondary N) is 2. The van der Waals surface area contributed by atoms with Crippen molar-refractivity contribution in [2.24, 2.45) is 0 Å². The van der Waals surface area contributed by atoms with Gasteiger partial charge in [0.05, 0.1) is 5.69 Å². The molecule has 138 valence electrons. The summed E-state index contributed by atoms with van der Waals surface area (Å²) in [4.78, 5) is 19.2. The van der Waals surface area contributed by atoms with Crippen LogP contribution in [0.25, 0.3) is 0 Å². The highest BCUT2D eigenvalue weighted by atomic mass is 16.2. The summed E-state index contributed by atoms with van der Waals surface area (Å²) in [6, 6.07) is 0.226. The van der Waals surface area contributed by atoms with Crippen molar-refractivity contribution in [2.45, 2.75) is 58.0 Å². The van der Waals surface area contributed by atoms with Gasteiger partial charge in [-0.25, -0.2) is 9.78 Å². The SMILES string of the molecule is C=C(C)CN1CCC(NC(=O)NCCc2cn3c(n2)CCCC3)CC1. The number of piperidine rings is 1. The molecule has 1 fully saturated rings. The fraction of sp³-hybridized carbons (Fsp3) is 0.684. The third kappa shape index (κ3) is 5.33. The van der Waals surface area contributed by atoms with Gasteiger partial charge in [-0.1, -0.05) is 12.2 Å². The van der Waals surface area contributed by atoms with Crippen LogP contribution in [-0.2, 0) is 19.4 Å². The second-order valence-corrected chi connectivity index (χ2v) is 7.46. The van der Waals surface area contributed by atoms with Gasteiger partial charge in [-0.15, -0.1) is 0 Å². The Kier molecular flexibility index (Phi) is 6.13. The van der Waals surface area contributed by atoms with Crippen LogP contribution >= 0.6 is 0 Å². The van der Waals surface area contributed by atoms with E-state index >= 15 is 0 Å². The van der Waals surface area contributed by atoms with Gasteiger partial charge >= 0.3 is 6.03 Å². The molecule has 6 nitrogen and oxygen atoms in total. The van der Waals surface area contributed by atoms with Crippen LogP contribution < -0.4 is 10.6 Å². The van der Waals surface area contributed by atoms with Gasteiger partial charge in [0.1, 0.15) is 5.82 Å². The minimum Gasteiger partial charge on any atom is -0.338 e. The lowest BCUT2D eigenvalue weighted by molar-refractivity contribution is 0.202. The van der Waals surface area contributed by atoms with Crippen molar-refractivity contribution in [1.29, 1.82) is 0 Å². The van der Waals surface area contributed by atoms with Crippen molar-refractivity contribution in [3.05, 3.63) is 29.9 Å². The lowest BCUT2D eigenvalue weighted by Crippen LogP contribution is -2.48. The second kappa shape index (κ2) is 8.52. The van der Waals surface area contributed by atoms with E-state index in [0.29, 0.717) is 6.54 Å². The highest BCUT2D eigenvalue weighted by molar-refractivity contribution is 5.74. The number of carbonyl (C=O) groups excluding carboxylic acids is 1. The summed E-state index contributed by atoms with van der Waals surface area (Å²) in [5, 5.41) is 6.08. The monoisotopic (exact) mass is 345 g/mol. The van der Waals surface area contributed by atoms with Crippen LogP contribution in [0.15, 0.2) is 18.3 Å². The maximum absolute atomic E-state index is 12.1. The zero-order valence-corrected chi connectivity index (χ0v) is 15.4. The van der Waals surface area contributed by atoms with Crippen molar-refractivity contribution >= 4 is 6.03 Å². The molecule has 1 aromatic rings. The fourth-order valence-corrected chi connectivity index (χ4v) is 3.75. The van der Waals surface area contributed by atoms with Crippen molar-refractivity contribution in [3.63, 3.8) is 0 Å². The maximum Gasteiger partial charge on any atom is 0.315 e. The van der Waals surface area contributed by atoms with Gasteiger partial charge in [0.15, 0.2) is 0 Å². The van der Waals surface area contributed by atoms with Gasteiger partial charge in [-0.05, 0) is 32.6 Å². The van der Waals surface area contributed by atoms with E-state index in [1.54, 1.807) is 0 Å². The van der Waals surface area contributed by atoms with Crippen molar-refractivity contribution in [1.82, 2.24) is 25.1 Å². The largest absolute Gasteiger partial charge is 0.338 e. The van der Waals surface area contributed by atoms with Crippen LogP contribution in [0.2, 0.25) is 0 Å². The standard InChI is InChI=1S/C19H31N5O/c1-15(2)13-23-11-7-16(8-12-23)22-19(25)20-9-6-17-14-24-10-4-3-5-18(24)21-17/h14,16H,1,3-13H2,2H3,(H2,20,22,25). The lowest BCUT2D eigenvalue weighted by atomic mass is 10.0. The topological polar surface area (TPSA) is 62.2 Å². The van der Waals surface area contributed by atoms with Crippen LogP contribution in [0.5, 0.6) is 0 Å². The molecular formula is C19H31N5O. The first-order chi connectivity index (χ1) is 12.1. The van der Waals surface area contributed by atoms with Gasteiger partial charge in [0.25, 0.3) is 0 Å². The van der Waals surface area contributed by atoms with Crippen LogP contribution in [0.3, 0.4) is 0 Å². The van der Waals surface area contributed by atoms with Crippen LogP contribution in [0.1, 0.15) is 44.1 Å². The summed E-state index contributed by atoms with van der Waals surface area (Å²) in [5.74, 6) is 1.20. The summed E-state index contributed by atoms with van der Waals surface area (Å²) in [6.07, 6.45) is 8.52. The van der Waals surface area contributed by atoms with Crippen molar-refractivity contribution in [3.8, 4) is 0 Å². The van der Waals surface area contributed by atoms with Crippen molar-refractivity contribution in [2.75, 3.05) is 26.2 Å². The smallest absolute Gasteiger partial charge is 0.315 e. The first-order valence-electron chi connectivity index (χ1n) is 9.56. The molecule has 1 aromatic heterocycles. The zero-order valence-electron chi connectivity index (χ0n) is 15.4. The quantitative estimate of drug-likeness (QED) is 0.776. The molecule has 2 aliphatic heterocycles. The average molecular weight is 345 g/mol. The van der Waals surface area contributed by atoms with E-state index in [4.69, 9.17) is 0 Å². The molecule has 0 aromatic carbocycles. The minimum atomic E-state index is -0.0534. The number of hydrogen-bond donors (Lipinski definition) is 2. The van der Waals surface area contributed by atoms with E-state index in [-0.39, 0.29) is 12.1 Å². The Morgan fingerprint density at radius 3 is 2.84 bits per heavy atom. The van der Waals surface area contributed by atoms with E-state index < -0.39 is 0 Å². The Balaban J connectivity index is 1.33. The first-order valence-corrected chi connectivity index (χ1v) is 9.56. The number of aromatic nitrogens is 2. The Morgan fingerprint density at radius 2 is 2.12 bits per heavy atom. The molecule has 0 radical (unpaired) electrons. The second-order valence-electron chi connectivity index (χ2n) is 7.46.